The van der Waals surface area contributed by atoms with Gasteiger partial charge in [0.05, 0.1) is 32.1 Å². The van der Waals surface area contributed by atoms with Crippen LogP contribution in [0.4, 0.5) is 16.2 Å². The molecule has 6 nitrogen and oxygen atoms in total. The van der Waals surface area contributed by atoms with Crippen LogP contribution in [0.2, 0.25) is 0 Å². The number of benzene rings is 2. The summed E-state index contributed by atoms with van der Waals surface area (Å²) < 4.78 is 16.6. The number of nitrogens with one attached hydrogen (secondary N) is 1. The molecule has 1 aliphatic rings. The smallest absolute Gasteiger partial charge is 0.326 e. The maximum absolute atomic E-state index is 13.0. The van der Waals surface area contributed by atoms with E-state index in [1.54, 1.807) is 37.3 Å². The predicted octanol–water partition coefficient (Wildman–Crippen LogP) is 4.22. The number of rotatable bonds is 4. The summed E-state index contributed by atoms with van der Waals surface area (Å²) >= 11 is 0. The number of carbonyl (C=O) groups is 1. The van der Waals surface area contributed by atoms with Crippen LogP contribution in [0.25, 0.3) is 0 Å². The summed E-state index contributed by atoms with van der Waals surface area (Å²) in [7, 11) is 3.15. The van der Waals surface area contributed by atoms with Gasteiger partial charge < -0.3 is 19.5 Å². The van der Waals surface area contributed by atoms with Crippen LogP contribution in [0.5, 0.6) is 17.2 Å². The first-order valence-electron chi connectivity index (χ1n) is 8.63. The van der Waals surface area contributed by atoms with Gasteiger partial charge in [0, 0.05) is 6.07 Å². The zero-order chi connectivity index (χ0) is 18.7. The first-order valence-corrected chi connectivity index (χ1v) is 8.63. The van der Waals surface area contributed by atoms with Gasteiger partial charge in [-0.05, 0) is 43.2 Å². The highest BCUT2D eigenvalue weighted by molar-refractivity contribution is 6.04. The molecule has 1 heterocycles. The molecule has 138 valence electrons. The van der Waals surface area contributed by atoms with Crippen LogP contribution in [0.15, 0.2) is 36.4 Å². The summed E-state index contributed by atoms with van der Waals surface area (Å²) in [4.78, 5) is 14.8. The molecule has 2 amide bonds. The molecule has 0 fully saturated rings. The molecular formula is C20H24N2O4. The Morgan fingerprint density at radius 2 is 2.04 bits per heavy atom. The standard InChI is InChI=1S/C20H24N2O4/c1-5-14-12-22(17-10-13(2)6-8-19(17)26-14)20(23)21-16-11-15(24-3)7-9-18(16)25-4/h6-11,14H,5,12H2,1-4H3,(H,21,23)/t14-/m0/s1. The van der Waals surface area contributed by atoms with E-state index in [0.717, 1.165) is 23.4 Å². The molecule has 0 unspecified atom stereocenters. The van der Waals surface area contributed by atoms with Gasteiger partial charge in [0.15, 0.2) is 0 Å². The zero-order valence-electron chi connectivity index (χ0n) is 15.5. The molecule has 0 bridgehead atoms. The molecule has 0 aromatic heterocycles. The highest BCUT2D eigenvalue weighted by Gasteiger charge is 2.29. The fourth-order valence-corrected chi connectivity index (χ4v) is 2.96. The van der Waals surface area contributed by atoms with Crippen molar-refractivity contribution in [2.45, 2.75) is 26.4 Å². The highest BCUT2D eigenvalue weighted by atomic mass is 16.5. The van der Waals surface area contributed by atoms with Crippen molar-refractivity contribution in [3.63, 3.8) is 0 Å². The monoisotopic (exact) mass is 356 g/mol. The summed E-state index contributed by atoms with van der Waals surface area (Å²) in [5.74, 6) is 1.94. The van der Waals surface area contributed by atoms with E-state index in [0.29, 0.717) is 23.7 Å². The molecule has 6 heteroatoms. The average Bonchev–Trinajstić information content (AvgIpc) is 2.66. The third kappa shape index (κ3) is 3.54. The minimum absolute atomic E-state index is 0.0387. The van der Waals surface area contributed by atoms with Gasteiger partial charge in [0.1, 0.15) is 23.4 Å². The van der Waals surface area contributed by atoms with Crippen molar-refractivity contribution in [3.8, 4) is 17.2 Å². The van der Waals surface area contributed by atoms with Crippen LogP contribution in [-0.4, -0.2) is 32.9 Å². The quantitative estimate of drug-likeness (QED) is 0.891. The molecule has 1 atom stereocenters. The van der Waals surface area contributed by atoms with Gasteiger partial charge >= 0.3 is 6.03 Å². The number of methoxy groups -OCH3 is 2. The highest BCUT2D eigenvalue weighted by Crippen LogP contribution is 2.36. The second kappa shape index (κ2) is 7.56. The van der Waals surface area contributed by atoms with Gasteiger partial charge in [-0.3, -0.25) is 4.90 Å². The summed E-state index contributed by atoms with van der Waals surface area (Å²) in [6.45, 7) is 4.53. The van der Waals surface area contributed by atoms with E-state index < -0.39 is 0 Å². The number of ether oxygens (including phenoxy) is 3. The summed E-state index contributed by atoms with van der Waals surface area (Å²) in [5.41, 5.74) is 2.40. The van der Waals surface area contributed by atoms with E-state index >= 15 is 0 Å². The second-order valence-corrected chi connectivity index (χ2v) is 6.23. The predicted molar refractivity (Wildman–Crippen MR) is 102 cm³/mol. The molecule has 3 rings (SSSR count). The Bertz CT molecular complexity index is 806. The van der Waals surface area contributed by atoms with Crippen molar-refractivity contribution in [2.24, 2.45) is 0 Å². The number of amides is 2. The molecule has 2 aromatic carbocycles. The number of fused-ring (bicyclic) bond motifs is 1. The Balaban J connectivity index is 1.91. The summed E-state index contributed by atoms with van der Waals surface area (Å²) in [6, 6.07) is 10.9. The molecule has 0 saturated heterocycles. The zero-order valence-corrected chi connectivity index (χ0v) is 15.5. The van der Waals surface area contributed by atoms with Gasteiger partial charge in [-0.15, -0.1) is 0 Å². The first-order chi connectivity index (χ1) is 12.5. The van der Waals surface area contributed by atoms with Gasteiger partial charge in [0.25, 0.3) is 0 Å². The molecule has 2 aromatic rings. The lowest BCUT2D eigenvalue weighted by atomic mass is 10.1. The van der Waals surface area contributed by atoms with Crippen LogP contribution < -0.4 is 24.4 Å². The Morgan fingerprint density at radius 1 is 1.23 bits per heavy atom. The molecule has 1 aliphatic heterocycles. The van der Waals surface area contributed by atoms with E-state index in [1.807, 2.05) is 32.0 Å². The number of urea groups is 1. The van der Waals surface area contributed by atoms with Crippen molar-refractivity contribution in [3.05, 3.63) is 42.0 Å². The van der Waals surface area contributed by atoms with E-state index in [2.05, 4.69) is 5.32 Å². The van der Waals surface area contributed by atoms with E-state index in [1.165, 1.54) is 0 Å². The molecule has 0 saturated carbocycles. The van der Waals surface area contributed by atoms with Gasteiger partial charge in [-0.25, -0.2) is 4.79 Å². The molecule has 1 N–H and O–H groups in total. The van der Waals surface area contributed by atoms with Crippen LogP contribution in [-0.2, 0) is 0 Å². The van der Waals surface area contributed by atoms with Crippen LogP contribution in [0.3, 0.4) is 0 Å². The fourth-order valence-electron chi connectivity index (χ4n) is 2.96. The number of carbonyl (C=O) groups excluding carboxylic acids is 1. The van der Waals surface area contributed by atoms with Crippen molar-refractivity contribution < 1.29 is 19.0 Å². The van der Waals surface area contributed by atoms with E-state index in [9.17, 15) is 4.79 Å². The lowest BCUT2D eigenvalue weighted by Gasteiger charge is -2.34. The van der Waals surface area contributed by atoms with Crippen LogP contribution in [0.1, 0.15) is 18.9 Å². The lowest BCUT2D eigenvalue weighted by molar-refractivity contribution is 0.188. The van der Waals surface area contributed by atoms with E-state index in [-0.39, 0.29) is 12.1 Å². The van der Waals surface area contributed by atoms with Crippen molar-refractivity contribution in [2.75, 3.05) is 31.0 Å². The Labute approximate surface area is 153 Å². The normalized spacial score (nSPS) is 15.7. The van der Waals surface area contributed by atoms with Crippen molar-refractivity contribution in [1.82, 2.24) is 0 Å². The average molecular weight is 356 g/mol. The molecule has 26 heavy (non-hydrogen) atoms. The van der Waals surface area contributed by atoms with Crippen molar-refractivity contribution in [1.29, 1.82) is 0 Å². The second-order valence-electron chi connectivity index (χ2n) is 6.23. The Hall–Kier alpha value is -2.89. The number of nitrogens with zero attached hydrogens (tertiary/aromatic N) is 1. The molecule has 0 radical (unpaired) electrons. The maximum atomic E-state index is 13.0. The minimum Gasteiger partial charge on any atom is -0.497 e. The fraction of sp³-hybridized carbons (Fsp3) is 0.350. The van der Waals surface area contributed by atoms with Gasteiger partial charge in [0.2, 0.25) is 0 Å². The molecular weight excluding hydrogens is 332 g/mol. The third-order valence-electron chi connectivity index (χ3n) is 4.43. The maximum Gasteiger partial charge on any atom is 0.326 e. The Morgan fingerprint density at radius 3 is 2.73 bits per heavy atom. The number of hydrogen-bond acceptors (Lipinski definition) is 4. The number of anilines is 2. The number of hydrogen-bond donors (Lipinski definition) is 1. The minimum atomic E-state index is -0.231. The van der Waals surface area contributed by atoms with Crippen LogP contribution >= 0.6 is 0 Å². The molecule has 0 aliphatic carbocycles. The van der Waals surface area contributed by atoms with Gasteiger partial charge in [-0.2, -0.15) is 0 Å². The largest absolute Gasteiger partial charge is 0.497 e. The SMILES string of the molecule is CC[C@H]1CN(C(=O)Nc2cc(OC)ccc2OC)c2cc(C)ccc2O1. The first kappa shape index (κ1) is 17.9. The topological polar surface area (TPSA) is 60.0 Å². The summed E-state index contributed by atoms with van der Waals surface area (Å²) in [5, 5.41) is 2.94. The van der Waals surface area contributed by atoms with E-state index in [4.69, 9.17) is 14.2 Å². The van der Waals surface area contributed by atoms with Gasteiger partial charge in [-0.1, -0.05) is 13.0 Å². The number of aryl methyl sites for hydroxylation is 1. The third-order valence-corrected chi connectivity index (χ3v) is 4.43. The van der Waals surface area contributed by atoms with Crippen LogP contribution in [0, 0.1) is 6.92 Å². The molecule has 0 spiro atoms. The summed E-state index contributed by atoms with van der Waals surface area (Å²) in [6.07, 6.45) is 0.780. The lowest BCUT2D eigenvalue weighted by Crippen LogP contribution is -2.45. The Kier molecular flexibility index (Phi) is 5.21. The van der Waals surface area contributed by atoms with Crippen molar-refractivity contribution >= 4 is 17.4 Å².